The van der Waals surface area contributed by atoms with E-state index in [1.54, 1.807) is 10.9 Å². The number of aromatic nitrogens is 4. The first-order chi connectivity index (χ1) is 12.7. The molecule has 0 spiro atoms. The maximum atomic E-state index is 12.7. The number of amides is 1. The number of rotatable bonds is 5. The van der Waals surface area contributed by atoms with E-state index in [0.717, 1.165) is 23.4 Å². The zero-order valence-corrected chi connectivity index (χ0v) is 15.9. The SMILES string of the molecule is Cl.Cn1cc([C@H]2CNC[C@@H]2C(=O)NCc2ccc(-n3cccn3)cc2)cn1. The lowest BCUT2D eigenvalue weighted by atomic mass is 9.90. The van der Waals surface area contributed by atoms with Gasteiger partial charge in [0, 0.05) is 51.2 Å². The highest BCUT2D eigenvalue weighted by Crippen LogP contribution is 2.27. The first-order valence-electron chi connectivity index (χ1n) is 8.76. The third-order valence-electron chi connectivity index (χ3n) is 4.88. The topological polar surface area (TPSA) is 76.8 Å². The summed E-state index contributed by atoms with van der Waals surface area (Å²) in [6.45, 7) is 2.03. The molecule has 1 saturated heterocycles. The van der Waals surface area contributed by atoms with Gasteiger partial charge in [0.05, 0.1) is 17.8 Å². The van der Waals surface area contributed by atoms with Gasteiger partial charge in [-0.15, -0.1) is 12.4 Å². The smallest absolute Gasteiger partial charge is 0.225 e. The number of aryl methyl sites for hydroxylation is 1. The van der Waals surface area contributed by atoms with Gasteiger partial charge in [0.15, 0.2) is 0 Å². The largest absolute Gasteiger partial charge is 0.352 e. The van der Waals surface area contributed by atoms with Crippen molar-refractivity contribution in [3.05, 3.63) is 66.2 Å². The molecule has 142 valence electrons. The molecule has 0 radical (unpaired) electrons. The molecule has 8 heteroatoms. The highest BCUT2D eigenvalue weighted by Gasteiger charge is 2.34. The van der Waals surface area contributed by atoms with Crippen LogP contribution in [0, 0.1) is 5.92 Å². The van der Waals surface area contributed by atoms with Crippen LogP contribution in [0.15, 0.2) is 55.1 Å². The highest BCUT2D eigenvalue weighted by atomic mass is 35.5. The Labute approximate surface area is 164 Å². The van der Waals surface area contributed by atoms with Crippen molar-refractivity contribution in [2.24, 2.45) is 13.0 Å². The van der Waals surface area contributed by atoms with Crippen molar-refractivity contribution in [2.75, 3.05) is 13.1 Å². The Morgan fingerprint density at radius 2 is 2.07 bits per heavy atom. The van der Waals surface area contributed by atoms with E-state index in [1.165, 1.54) is 0 Å². The third kappa shape index (κ3) is 4.20. The minimum absolute atomic E-state index is 0. The second kappa shape index (κ2) is 8.37. The summed E-state index contributed by atoms with van der Waals surface area (Å²) in [5, 5.41) is 14.8. The summed E-state index contributed by atoms with van der Waals surface area (Å²) < 4.78 is 3.59. The van der Waals surface area contributed by atoms with Crippen LogP contribution in [-0.4, -0.2) is 38.6 Å². The lowest BCUT2D eigenvalue weighted by molar-refractivity contribution is -0.125. The predicted octanol–water partition coefficient (Wildman–Crippen LogP) is 1.65. The molecule has 3 heterocycles. The fourth-order valence-corrected chi connectivity index (χ4v) is 3.44. The average molecular weight is 387 g/mol. The van der Waals surface area contributed by atoms with Crippen molar-refractivity contribution in [2.45, 2.75) is 12.5 Å². The summed E-state index contributed by atoms with van der Waals surface area (Å²) in [6.07, 6.45) is 7.50. The Morgan fingerprint density at radius 3 is 2.74 bits per heavy atom. The van der Waals surface area contributed by atoms with E-state index in [4.69, 9.17) is 0 Å². The molecule has 0 saturated carbocycles. The molecule has 1 aliphatic heterocycles. The zero-order chi connectivity index (χ0) is 17.9. The van der Waals surface area contributed by atoms with Crippen LogP contribution < -0.4 is 10.6 Å². The minimum atomic E-state index is -0.0671. The van der Waals surface area contributed by atoms with Crippen LogP contribution in [0.25, 0.3) is 5.69 Å². The quantitative estimate of drug-likeness (QED) is 0.699. The van der Waals surface area contributed by atoms with Crippen LogP contribution in [0.1, 0.15) is 17.0 Å². The van der Waals surface area contributed by atoms with Gasteiger partial charge in [-0.2, -0.15) is 10.2 Å². The molecule has 27 heavy (non-hydrogen) atoms. The van der Waals surface area contributed by atoms with Crippen LogP contribution >= 0.6 is 12.4 Å². The monoisotopic (exact) mass is 386 g/mol. The maximum absolute atomic E-state index is 12.7. The first kappa shape index (κ1) is 19.1. The molecule has 1 fully saturated rings. The summed E-state index contributed by atoms with van der Waals surface area (Å²) in [4.78, 5) is 12.7. The number of hydrogen-bond acceptors (Lipinski definition) is 4. The summed E-state index contributed by atoms with van der Waals surface area (Å²) in [5.41, 5.74) is 3.18. The van der Waals surface area contributed by atoms with E-state index < -0.39 is 0 Å². The number of halogens is 1. The fourth-order valence-electron chi connectivity index (χ4n) is 3.44. The molecule has 0 unspecified atom stereocenters. The fraction of sp³-hybridized carbons (Fsp3) is 0.316. The Bertz CT molecular complexity index is 874. The first-order valence-corrected chi connectivity index (χ1v) is 8.76. The van der Waals surface area contributed by atoms with Crippen LogP contribution in [-0.2, 0) is 18.4 Å². The molecular formula is C19H23ClN6O. The zero-order valence-electron chi connectivity index (χ0n) is 15.1. The van der Waals surface area contributed by atoms with Gasteiger partial charge in [-0.3, -0.25) is 9.48 Å². The van der Waals surface area contributed by atoms with E-state index in [9.17, 15) is 4.79 Å². The molecule has 1 aliphatic rings. The number of nitrogens with zero attached hydrogens (tertiary/aromatic N) is 4. The molecule has 2 N–H and O–H groups in total. The van der Waals surface area contributed by atoms with Gasteiger partial charge >= 0.3 is 0 Å². The van der Waals surface area contributed by atoms with Crippen LogP contribution in [0.4, 0.5) is 0 Å². The van der Waals surface area contributed by atoms with Gasteiger partial charge in [0.25, 0.3) is 0 Å². The van der Waals surface area contributed by atoms with Crippen LogP contribution in [0.3, 0.4) is 0 Å². The Kier molecular flexibility index (Phi) is 5.93. The van der Waals surface area contributed by atoms with Crippen molar-refractivity contribution < 1.29 is 4.79 Å². The number of carbonyl (C=O) groups is 1. The molecule has 4 rings (SSSR count). The van der Waals surface area contributed by atoms with Gasteiger partial charge in [-0.25, -0.2) is 4.68 Å². The lowest BCUT2D eigenvalue weighted by Crippen LogP contribution is -2.33. The van der Waals surface area contributed by atoms with E-state index in [0.29, 0.717) is 13.1 Å². The molecule has 1 amide bonds. The molecular weight excluding hydrogens is 364 g/mol. The van der Waals surface area contributed by atoms with Crippen molar-refractivity contribution in [1.29, 1.82) is 0 Å². The second-order valence-electron chi connectivity index (χ2n) is 6.65. The summed E-state index contributed by atoms with van der Waals surface area (Å²) in [6, 6.07) is 9.93. The molecule has 2 aromatic heterocycles. The van der Waals surface area contributed by atoms with E-state index >= 15 is 0 Å². The number of carbonyl (C=O) groups excluding carboxylic acids is 1. The van der Waals surface area contributed by atoms with Crippen molar-refractivity contribution in [3.63, 3.8) is 0 Å². The molecule has 3 aromatic rings. The van der Waals surface area contributed by atoms with Gasteiger partial charge in [0.2, 0.25) is 5.91 Å². The normalized spacial score (nSPS) is 18.9. The van der Waals surface area contributed by atoms with E-state index in [2.05, 4.69) is 20.8 Å². The van der Waals surface area contributed by atoms with Crippen molar-refractivity contribution in [1.82, 2.24) is 30.2 Å². The Hall–Kier alpha value is -2.64. The molecule has 2 atom stereocenters. The third-order valence-corrected chi connectivity index (χ3v) is 4.88. The summed E-state index contributed by atoms with van der Waals surface area (Å²) in [7, 11) is 1.90. The average Bonchev–Trinajstić information content (AvgIpc) is 3.40. The van der Waals surface area contributed by atoms with Crippen molar-refractivity contribution in [3.8, 4) is 5.69 Å². The maximum Gasteiger partial charge on any atom is 0.225 e. The summed E-state index contributed by atoms with van der Waals surface area (Å²) >= 11 is 0. The Morgan fingerprint density at radius 1 is 1.26 bits per heavy atom. The van der Waals surface area contributed by atoms with Gasteiger partial charge in [-0.05, 0) is 29.3 Å². The van der Waals surface area contributed by atoms with Crippen LogP contribution in [0.5, 0.6) is 0 Å². The number of hydrogen-bond donors (Lipinski definition) is 2. The van der Waals surface area contributed by atoms with Gasteiger partial charge < -0.3 is 10.6 Å². The van der Waals surface area contributed by atoms with Crippen LogP contribution in [0.2, 0.25) is 0 Å². The molecule has 0 aliphatic carbocycles. The van der Waals surface area contributed by atoms with E-state index in [1.807, 2.05) is 60.7 Å². The predicted molar refractivity (Wildman–Crippen MR) is 105 cm³/mol. The Balaban J connectivity index is 0.00000210. The standard InChI is InChI=1S/C19H22N6O.ClH/c1-24-13-15(10-23-24)17-11-20-12-18(17)19(26)21-9-14-3-5-16(6-4-14)25-8-2-7-22-25;/h2-8,10,13,17-18,20H,9,11-12H2,1H3,(H,21,26);1H/t17-,18+;/m1./s1. The molecule has 7 nitrogen and oxygen atoms in total. The number of benzene rings is 1. The second-order valence-corrected chi connectivity index (χ2v) is 6.65. The minimum Gasteiger partial charge on any atom is -0.352 e. The highest BCUT2D eigenvalue weighted by molar-refractivity contribution is 5.85. The number of nitrogens with one attached hydrogen (secondary N) is 2. The van der Waals surface area contributed by atoms with E-state index in [-0.39, 0.29) is 30.2 Å². The van der Waals surface area contributed by atoms with Gasteiger partial charge in [-0.1, -0.05) is 12.1 Å². The summed E-state index contributed by atoms with van der Waals surface area (Å²) in [5.74, 6) is 0.188. The molecule has 1 aromatic carbocycles. The lowest BCUT2D eigenvalue weighted by Gasteiger charge is -2.17. The van der Waals surface area contributed by atoms with Crippen molar-refractivity contribution >= 4 is 18.3 Å². The molecule has 0 bridgehead atoms. The van der Waals surface area contributed by atoms with Gasteiger partial charge in [0.1, 0.15) is 0 Å².